The fourth-order valence-corrected chi connectivity index (χ4v) is 2.94. The number of ether oxygens (including phenoxy) is 1. The number of thiazole rings is 1. The molecule has 5 nitrogen and oxygen atoms in total. The van der Waals surface area contributed by atoms with E-state index in [0.29, 0.717) is 0 Å². The number of nitrogens with zero attached hydrogens (tertiary/aromatic N) is 4. The van der Waals surface area contributed by atoms with E-state index < -0.39 is 0 Å². The molecule has 102 valence electrons. The van der Waals surface area contributed by atoms with Crippen molar-refractivity contribution in [2.45, 2.75) is 25.6 Å². The summed E-state index contributed by atoms with van der Waals surface area (Å²) in [6.45, 7) is 4.59. The van der Waals surface area contributed by atoms with Gasteiger partial charge in [-0.3, -0.25) is 9.58 Å². The summed E-state index contributed by atoms with van der Waals surface area (Å²) in [6.07, 6.45) is 5.09. The Labute approximate surface area is 116 Å². The summed E-state index contributed by atoms with van der Waals surface area (Å²) >= 11 is 1.65. The van der Waals surface area contributed by atoms with E-state index in [0.717, 1.165) is 44.9 Å². The van der Waals surface area contributed by atoms with E-state index in [1.165, 1.54) is 0 Å². The maximum Gasteiger partial charge on any atom is 0.0897 e. The van der Waals surface area contributed by atoms with Crippen LogP contribution in [0.5, 0.6) is 0 Å². The van der Waals surface area contributed by atoms with Crippen molar-refractivity contribution in [1.82, 2.24) is 19.7 Å². The zero-order valence-electron chi connectivity index (χ0n) is 10.8. The minimum absolute atomic E-state index is 0.209. The van der Waals surface area contributed by atoms with Crippen molar-refractivity contribution in [2.75, 3.05) is 19.7 Å². The first-order chi connectivity index (χ1) is 9.40. The van der Waals surface area contributed by atoms with Gasteiger partial charge in [0.1, 0.15) is 0 Å². The molecule has 1 aliphatic rings. The summed E-state index contributed by atoms with van der Waals surface area (Å²) in [5.41, 5.74) is 3.05. The lowest BCUT2D eigenvalue weighted by molar-refractivity contribution is 0.0390. The van der Waals surface area contributed by atoms with E-state index in [2.05, 4.69) is 20.4 Å². The molecule has 0 spiro atoms. The van der Waals surface area contributed by atoms with E-state index in [-0.39, 0.29) is 6.10 Å². The van der Waals surface area contributed by atoms with E-state index in [1.807, 2.05) is 28.7 Å². The summed E-state index contributed by atoms with van der Waals surface area (Å²) in [7, 11) is 0. The fraction of sp³-hybridized carbons (Fsp3) is 0.538. The molecule has 3 rings (SSSR count). The van der Waals surface area contributed by atoms with Crippen LogP contribution in [-0.2, 0) is 17.8 Å². The Hall–Kier alpha value is -1.24. The number of aromatic nitrogens is 3. The SMILES string of the molecule is c1cnn(C[C@@H]2CN(Cc3cscn3)CCCO2)c1. The summed E-state index contributed by atoms with van der Waals surface area (Å²) < 4.78 is 7.85. The topological polar surface area (TPSA) is 43.2 Å². The maximum absolute atomic E-state index is 5.91. The Balaban J connectivity index is 1.59. The second kappa shape index (κ2) is 6.27. The Morgan fingerprint density at radius 3 is 3.26 bits per heavy atom. The first kappa shape index (κ1) is 12.8. The highest BCUT2D eigenvalue weighted by molar-refractivity contribution is 7.07. The molecule has 0 aliphatic carbocycles. The van der Waals surface area contributed by atoms with Gasteiger partial charge in [0.05, 0.1) is 23.9 Å². The van der Waals surface area contributed by atoms with Crippen LogP contribution in [0.1, 0.15) is 12.1 Å². The highest BCUT2D eigenvalue weighted by Crippen LogP contribution is 2.12. The molecule has 0 amide bonds. The third-order valence-electron chi connectivity index (χ3n) is 3.25. The summed E-state index contributed by atoms with van der Waals surface area (Å²) in [5.74, 6) is 0. The molecular formula is C13H18N4OS. The fourth-order valence-electron chi connectivity index (χ4n) is 2.39. The molecule has 0 bridgehead atoms. The van der Waals surface area contributed by atoms with E-state index in [4.69, 9.17) is 4.74 Å². The van der Waals surface area contributed by atoms with Crippen molar-refractivity contribution in [2.24, 2.45) is 0 Å². The lowest BCUT2D eigenvalue weighted by Gasteiger charge is -2.22. The smallest absolute Gasteiger partial charge is 0.0897 e. The van der Waals surface area contributed by atoms with Gasteiger partial charge in [0.25, 0.3) is 0 Å². The van der Waals surface area contributed by atoms with Gasteiger partial charge in [0.15, 0.2) is 0 Å². The molecule has 1 saturated heterocycles. The van der Waals surface area contributed by atoms with Gasteiger partial charge in [0, 0.05) is 44.0 Å². The van der Waals surface area contributed by atoms with Crippen molar-refractivity contribution in [3.05, 3.63) is 35.0 Å². The van der Waals surface area contributed by atoms with Crippen LogP contribution in [0, 0.1) is 0 Å². The first-order valence-corrected chi connectivity index (χ1v) is 7.53. The molecule has 2 aromatic rings. The third-order valence-corrected chi connectivity index (χ3v) is 3.89. The monoisotopic (exact) mass is 278 g/mol. The predicted molar refractivity (Wildman–Crippen MR) is 74.0 cm³/mol. The van der Waals surface area contributed by atoms with Gasteiger partial charge >= 0.3 is 0 Å². The third kappa shape index (κ3) is 3.62. The quantitative estimate of drug-likeness (QED) is 0.852. The molecule has 1 aliphatic heterocycles. The maximum atomic E-state index is 5.91. The molecule has 2 aromatic heterocycles. The summed E-state index contributed by atoms with van der Waals surface area (Å²) in [5, 5.41) is 6.37. The van der Waals surface area contributed by atoms with Crippen molar-refractivity contribution < 1.29 is 4.74 Å². The van der Waals surface area contributed by atoms with Gasteiger partial charge in [-0.25, -0.2) is 4.98 Å². The van der Waals surface area contributed by atoms with Gasteiger partial charge in [-0.05, 0) is 12.5 Å². The molecular weight excluding hydrogens is 260 g/mol. The Bertz CT molecular complexity index is 427. The molecule has 19 heavy (non-hydrogen) atoms. The zero-order chi connectivity index (χ0) is 12.9. The molecule has 1 fully saturated rings. The number of rotatable bonds is 4. The highest BCUT2D eigenvalue weighted by atomic mass is 32.1. The van der Waals surface area contributed by atoms with Crippen molar-refractivity contribution in [3.8, 4) is 0 Å². The first-order valence-electron chi connectivity index (χ1n) is 6.58. The van der Waals surface area contributed by atoms with Crippen LogP contribution in [-0.4, -0.2) is 45.5 Å². The van der Waals surface area contributed by atoms with Crippen LogP contribution in [0.25, 0.3) is 0 Å². The second-order valence-corrected chi connectivity index (χ2v) is 5.51. The molecule has 0 radical (unpaired) electrons. The van der Waals surface area contributed by atoms with Crippen LogP contribution in [0.3, 0.4) is 0 Å². The van der Waals surface area contributed by atoms with Gasteiger partial charge < -0.3 is 4.74 Å². The van der Waals surface area contributed by atoms with Crippen LogP contribution >= 0.6 is 11.3 Å². The lowest BCUT2D eigenvalue weighted by atomic mass is 10.3. The Morgan fingerprint density at radius 2 is 2.47 bits per heavy atom. The summed E-state index contributed by atoms with van der Waals surface area (Å²) in [6, 6.07) is 1.95. The number of hydrogen-bond donors (Lipinski definition) is 0. The van der Waals surface area contributed by atoms with Crippen molar-refractivity contribution in [1.29, 1.82) is 0 Å². The molecule has 3 heterocycles. The average molecular weight is 278 g/mol. The average Bonchev–Trinajstić information content (AvgIpc) is 3.03. The van der Waals surface area contributed by atoms with Crippen LogP contribution < -0.4 is 0 Å². The standard InChI is InChI=1S/C13H18N4OS/c1-3-15-17(5-1)9-13-8-16(4-2-6-18-13)7-12-10-19-11-14-12/h1,3,5,10-11,13H,2,4,6-9H2/t13-/m0/s1. The molecule has 0 unspecified atom stereocenters. The lowest BCUT2D eigenvalue weighted by Crippen LogP contribution is -2.34. The molecule has 6 heteroatoms. The minimum Gasteiger partial charge on any atom is -0.375 e. The van der Waals surface area contributed by atoms with Gasteiger partial charge in [-0.2, -0.15) is 5.10 Å². The number of hydrogen-bond acceptors (Lipinski definition) is 5. The van der Waals surface area contributed by atoms with Crippen molar-refractivity contribution >= 4 is 11.3 Å². The normalized spacial score (nSPS) is 21.4. The highest BCUT2D eigenvalue weighted by Gasteiger charge is 2.19. The van der Waals surface area contributed by atoms with Gasteiger partial charge in [-0.1, -0.05) is 0 Å². The predicted octanol–water partition coefficient (Wildman–Crippen LogP) is 1.63. The van der Waals surface area contributed by atoms with E-state index >= 15 is 0 Å². The molecule has 0 aromatic carbocycles. The van der Waals surface area contributed by atoms with Gasteiger partial charge in [-0.15, -0.1) is 11.3 Å². The summed E-state index contributed by atoms with van der Waals surface area (Å²) in [4.78, 5) is 6.79. The van der Waals surface area contributed by atoms with Crippen LogP contribution in [0.4, 0.5) is 0 Å². The Kier molecular flexibility index (Phi) is 4.22. The molecule has 0 saturated carbocycles. The van der Waals surface area contributed by atoms with Crippen LogP contribution in [0.2, 0.25) is 0 Å². The zero-order valence-corrected chi connectivity index (χ0v) is 11.6. The minimum atomic E-state index is 0.209. The van der Waals surface area contributed by atoms with E-state index in [1.54, 1.807) is 11.3 Å². The van der Waals surface area contributed by atoms with Gasteiger partial charge in [0.2, 0.25) is 0 Å². The second-order valence-electron chi connectivity index (χ2n) is 4.79. The Morgan fingerprint density at radius 1 is 1.47 bits per heavy atom. The largest absolute Gasteiger partial charge is 0.375 e. The van der Waals surface area contributed by atoms with E-state index in [9.17, 15) is 0 Å². The van der Waals surface area contributed by atoms with Crippen LogP contribution in [0.15, 0.2) is 29.4 Å². The van der Waals surface area contributed by atoms with Crippen molar-refractivity contribution in [3.63, 3.8) is 0 Å². The molecule has 1 atom stereocenters. The molecule has 0 N–H and O–H groups in total.